The maximum absolute atomic E-state index is 12.6. The van der Waals surface area contributed by atoms with Crippen LogP contribution in [-0.2, 0) is 0 Å². The van der Waals surface area contributed by atoms with Crippen molar-refractivity contribution in [2.75, 3.05) is 26.7 Å². The van der Waals surface area contributed by atoms with Crippen molar-refractivity contribution < 1.29 is 4.79 Å². The summed E-state index contributed by atoms with van der Waals surface area (Å²) in [5.74, 6) is -0.0131. The number of carbonyl (C=O) groups excluding carboxylic acids is 1. The van der Waals surface area contributed by atoms with Gasteiger partial charge in [0.1, 0.15) is 0 Å². The van der Waals surface area contributed by atoms with Gasteiger partial charge in [-0.3, -0.25) is 4.79 Å². The SMILES string of the molecule is CCN1CCC(N(C)C(=O)c2cc(S)ccc2Cl)CC1. The smallest absolute Gasteiger partial charge is 0.255 e. The summed E-state index contributed by atoms with van der Waals surface area (Å²) >= 11 is 10.4. The van der Waals surface area contributed by atoms with E-state index in [1.54, 1.807) is 18.2 Å². The lowest BCUT2D eigenvalue weighted by atomic mass is 10.0. The zero-order valence-electron chi connectivity index (χ0n) is 12.0. The molecule has 20 heavy (non-hydrogen) atoms. The third kappa shape index (κ3) is 3.48. The van der Waals surface area contributed by atoms with E-state index < -0.39 is 0 Å². The van der Waals surface area contributed by atoms with Crippen molar-refractivity contribution in [1.82, 2.24) is 9.80 Å². The molecule has 1 fully saturated rings. The molecular weight excluding hydrogens is 292 g/mol. The first-order valence-corrected chi connectivity index (χ1v) is 7.83. The van der Waals surface area contributed by atoms with Gasteiger partial charge < -0.3 is 9.80 Å². The topological polar surface area (TPSA) is 23.6 Å². The molecule has 0 aromatic heterocycles. The molecule has 3 nitrogen and oxygen atoms in total. The van der Waals surface area contributed by atoms with Gasteiger partial charge in [0.15, 0.2) is 0 Å². The Bertz CT molecular complexity index is 487. The number of amides is 1. The van der Waals surface area contributed by atoms with E-state index >= 15 is 0 Å². The molecular formula is C15H21ClN2OS. The molecule has 1 saturated heterocycles. The van der Waals surface area contributed by atoms with Crippen LogP contribution in [0.15, 0.2) is 23.1 Å². The second-order valence-electron chi connectivity index (χ2n) is 5.25. The van der Waals surface area contributed by atoms with Crippen LogP contribution in [0.25, 0.3) is 0 Å². The Hall–Kier alpha value is -0.710. The van der Waals surface area contributed by atoms with Crippen LogP contribution in [0.1, 0.15) is 30.1 Å². The minimum absolute atomic E-state index is 0.0131. The fourth-order valence-corrected chi connectivity index (χ4v) is 3.06. The summed E-state index contributed by atoms with van der Waals surface area (Å²) in [5.41, 5.74) is 0.541. The van der Waals surface area contributed by atoms with E-state index in [4.69, 9.17) is 11.6 Å². The fourth-order valence-electron chi connectivity index (χ4n) is 2.66. The molecule has 0 atom stereocenters. The van der Waals surface area contributed by atoms with Crippen LogP contribution in [-0.4, -0.2) is 48.4 Å². The highest BCUT2D eigenvalue weighted by Gasteiger charge is 2.26. The van der Waals surface area contributed by atoms with Crippen LogP contribution in [0.5, 0.6) is 0 Å². The quantitative estimate of drug-likeness (QED) is 0.867. The number of benzene rings is 1. The summed E-state index contributed by atoms with van der Waals surface area (Å²) in [6, 6.07) is 5.56. The molecule has 0 saturated carbocycles. The van der Waals surface area contributed by atoms with Crippen LogP contribution >= 0.6 is 24.2 Å². The summed E-state index contributed by atoms with van der Waals surface area (Å²) < 4.78 is 0. The zero-order valence-corrected chi connectivity index (χ0v) is 13.6. The summed E-state index contributed by atoms with van der Waals surface area (Å²) in [6.07, 6.45) is 2.04. The third-order valence-electron chi connectivity index (χ3n) is 4.05. The molecule has 1 amide bonds. The molecule has 110 valence electrons. The lowest BCUT2D eigenvalue weighted by Crippen LogP contribution is -2.45. The fraction of sp³-hybridized carbons (Fsp3) is 0.533. The molecule has 0 bridgehead atoms. The van der Waals surface area contributed by atoms with Gasteiger partial charge in [-0.1, -0.05) is 18.5 Å². The van der Waals surface area contributed by atoms with Gasteiger partial charge in [0.25, 0.3) is 5.91 Å². The average Bonchev–Trinajstić information content (AvgIpc) is 2.48. The van der Waals surface area contributed by atoms with Crippen molar-refractivity contribution in [3.8, 4) is 0 Å². The molecule has 1 aliphatic rings. The molecule has 0 aliphatic carbocycles. The normalized spacial score (nSPS) is 17.2. The van der Waals surface area contributed by atoms with Gasteiger partial charge >= 0.3 is 0 Å². The van der Waals surface area contributed by atoms with E-state index in [0.717, 1.165) is 37.4 Å². The van der Waals surface area contributed by atoms with E-state index in [1.807, 2.05) is 11.9 Å². The first-order chi connectivity index (χ1) is 9.52. The number of likely N-dealkylation sites (tertiary alicyclic amines) is 1. The van der Waals surface area contributed by atoms with Crippen molar-refractivity contribution >= 4 is 30.1 Å². The predicted octanol–water partition coefficient (Wildman–Crippen LogP) is 3.19. The van der Waals surface area contributed by atoms with E-state index in [1.165, 1.54) is 0 Å². The Kier molecular flexibility index (Phi) is 5.35. The van der Waals surface area contributed by atoms with Crippen molar-refractivity contribution in [2.24, 2.45) is 0 Å². The van der Waals surface area contributed by atoms with E-state index in [-0.39, 0.29) is 5.91 Å². The number of rotatable bonds is 3. The van der Waals surface area contributed by atoms with Crippen LogP contribution in [0.3, 0.4) is 0 Å². The van der Waals surface area contributed by atoms with Gasteiger partial charge in [-0.25, -0.2) is 0 Å². The first kappa shape index (κ1) is 15.7. The maximum Gasteiger partial charge on any atom is 0.255 e. The lowest BCUT2D eigenvalue weighted by molar-refractivity contribution is 0.0647. The first-order valence-electron chi connectivity index (χ1n) is 7.01. The number of hydrogen-bond acceptors (Lipinski definition) is 3. The largest absolute Gasteiger partial charge is 0.339 e. The van der Waals surface area contributed by atoms with Crippen molar-refractivity contribution in [3.05, 3.63) is 28.8 Å². The number of halogens is 1. The molecule has 1 aromatic rings. The average molecular weight is 313 g/mol. The Morgan fingerprint density at radius 2 is 2.10 bits per heavy atom. The second kappa shape index (κ2) is 6.83. The zero-order chi connectivity index (χ0) is 14.7. The predicted molar refractivity (Wildman–Crippen MR) is 85.9 cm³/mol. The molecule has 0 N–H and O–H groups in total. The summed E-state index contributed by atoms with van der Waals surface area (Å²) in [4.78, 5) is 17.6. The number of hydrogen-bond donors (Lipinski definition) is 1. The monoisotopic (exact) mass is 312 g/mol. The number of piperidine rings is 1. The van der Waals surface area contributed by atoms with Crippen molar-refractivity contribution in [2.45, 2.75) is 30.7 Å². The second-order valence-corrected chi connectivity index (χ2v) is 6.17. The van der Waals surface area contributed by atoms with Gasteiger partial charge in [-0.05, 0) is 37.6 Å². The number of carbonyl (C=O) groups is 1. The molecule has 0 unspecified atom stereocenters. The Morgan fingerprint density at radius 1 is 1.45 bits per heavy atom. The molecule has 2 rings (SSSR count). The summed E-state index contributed by atoms with van der Waals surface area (Å²) in [6.45, 7) is 5.36. The standard InChI is InChI=1S/C15H21ClN2OS/c1-3-18-8-6-11(7-9-18)17(2)15(19)13-10-12(20)4-5-14(13)16/h4-5,10-11,20H,3,6-9H2,1-2H3. The third-order valence-corrected chi connectivity index (χ3v) is 4.66. The highest BCUT2D eigenvalue weighted by molar-refractivity contribution is 7.80. The molecule has 1 aromatic carbocycles. The maximum atomic E-state index is 12.6. The van der Waals surface area contributed by atoms with Crippen LogP contribution < -0.4 is 0 Å². The van der Waals surface area contributed by atoms with Gasteiger partial charge in [0.2, 0.25) is 0 Å². The highest BCUT2D eigenvalue weighted by Crippen LogP contribution is 2.23. The van der Waals surface area contributed by atoms with Gasteiger partial charge in [-0.2, -0.15) is 0 Å². The van der Waals surface area contributed by atoms with Crippen LogP contribution in [0.4, 0.5) is 0 Å². The van der Waals surface area contributed by atoms with Crippen molar-refractivity contribution in [3.63, 3.8) is 0 Å². The number of nitrogens with zero attached hydrogens (tertiary/aromatic N) is 2. The van der Waals surface area contributed by atoms with E-state index in [0.29, 0.717) is 16.6 Å². The molecule has 1 aliphatic heterocycles. The minimum Gasteiger partial charge on any atom is -0.339 e. The summed E-state index contributed by atoms with van der Waals surface area (Å²) in [7, 11) is 1.87. The van der Waals surface area contributed by atoms with Gasteiger partial charge in [0, 0.05) is 31.1 Å². The molecule has 5 heteroatoms. The van der Waals surface area contributed by atoms with E-state index in [2.05, 4.69) is 24.5 Å². The molecule has 1 heterocycles. The Morgan fingerprint density at radius 3 is 2.70 bits per heavy atom. The van der Waals surface area contributed by atoms with Crippen molar-refractivity contribution in [1.29, 1.82) is 0 Å². The van der Waals surface area contributed by atoms with E-state index in [9.17, 15) is 4.79 Å². The highest BCUT2D eigenvalue weighted by atomic mass is 35.5. The number of thiol groups is 1. The van der Waals surface area contributed by atoms with Crippen LogP contribution in [0.2, 0.25) is 5.02 Å². The minimum atomic E-state index is -0.0131. The van der Waals surface area contributed by atoms with Crippen LogP contribution in [0, 0.1) is 0 Å². The summed E-state index contributed by atoms with van der Waals surface area (Å²) in [5, 5.41) is 0.491. The van der Waals surface area contributed by atoms with Gasteiger partial charge in [0.05, 0.1) is 10.6 Å². The Balaban J connectivity index is 2.07. The Labute approximate surface area is 131 Å². The molecule has 0 spiro atoms. The van der Waals surface area contributed by atoms with Gasteiger partial charge in [-0.15, -0.1) is 12.6 Å². The lowest BCUT2D eigenvalue weighted by Gasteiger charge is -2.36. The molecule has 0 radical (unpaired) electrons.